The van der Waals surface area contributed by atoms with Crippen molar-refractivity contribution in [3.63, 3.8) is 0 Å². The molecular formula is C20H18N2O4S. The highest BCUT2D eigenvalue weighted by Gasteiger charge is 2.16. The fourth-order valence-electron chi connectivity index (χ4n) is 2.93. The highest BCUT2D eigenvalue weighted by Crippen LogP contribution is 2.31. The van der Waals surface area contributed by atoms with Crippen LogP contribution >= 0.6 is 11.3 Å². The standard InChI is InChI=1S/C20H18N2O4S/c1-12-21-15-4-3-14(11-19(15)27-12)22-20(24)7-5-16(23)13-2-6-17-18(10-13)26-9-8-25-17/h2-4,6,10-11H,5,7-9H2,1H3,(H,22,24). The summed E-state index contributed by atoms with van der Waals surface area (Å²) in [6.07, 6.45) is 0.250. The highest BCUT2D eigenvalue weighted by atomic mass is 32.1. The molecule has 1 aliphatic heterocycles. The average molecular weight is 382 g/mol. The van der Waals surface area contributed by atoms with Crippen molar-refractivity contribution in [1.82, 2.24) is 4.98 Å². The van der Waals surface area contributed by atoms with Crippen molar-refractivity contribution < 1.29 is 19.1 Å². The minimum absolute atomic E-state index is 0.101. The van der Waals surface area contributed by atoms with Crippen LogP contribution in [0.4, 0.5) is 5.69 Å². The van der Waals surface area contributed by atoms with Gasteiger partial charge in [-0.25, -0.2) is 4.98 Å². The molecule has 138 valence electrons. The summed E-state index contributed by atoms with van der Waals surface area (Å²) >= 11 is 1.58. The zero-order valence-electron chi connectivity index (χ0n) is 14.8. The second-order valence-corrected chi connectivity index (χ2v) is 7.48. The predicted octanol–water partition coefficient (Wildman–Crippen LogP) is 3.98. The molecule has 4 rings (SSSR count). The quantitative estimate of drug-likeness (QED) is 0.676. The molecule has 6 nitrogen and oxygen atoms in total. The molecule has 0 radical (unpaired) electrons. The van der Waals surface area contributed by atoms with Crippen LogP contribution in [0.5, 0.6) is 11.5 Å². The first-order valence-electron chi connectivity index (χ1n) is 8.68. The number of ether oxygens (including phenoxy) is 2. The number of aromatic nitrogens is 1. The Bertz CT molecular complexity index is 1030. The summed E-state index contributed by atoms with van der Waals surface area (Å²) in [6, 6.07) is 10.7. The Hall–Kier alpha value is -2.93. The maximum Gasteiger partial charge on any atom is 0.224 e. The first-order valence-corrected chi connectivity index (χ1v) is 9.50. The van der Waals surface area contributed by atoms with Crippen LogP contribution in [0, 0.1) is 6.92 Å². The Morgan fingerprint density at radius 3 is 2.74 bits per heavy atom. The van der Waals surface area contributed by atoms with E-state index in [0.29, 0.717) is 36.0 Å². The van der Waals surface area contributed by atoms with Crippen LogP contribution in [-0.2, 0) is 4.79 Å². The van der Waals surface area contributed by atoms with Crippen LogP contribution in [0.25, 0.3) is 10.2 Å². The van der Waals surface area contributed by atoms with Crippen molar-refractivity contribution in [3.8, 4) is 11.5 Å². The number of ketones is 1. The average Bonchev–Trinajstić information content (AvgIpc) is 3.05. The second-order valence-electron chi connectivity index (χ2n) is 6.25. The third-order valence-electron chi connectivity index (χ3n) is 4.22. The van der Waals surface area contributed by atoms with E-state index in [0.717, 1.165) is 15.2 Å². The number of hydrogen-bond donors (Lipinski definition) is 1. The van der Waals surface area contributed by atoms with Gasteiger partial charge in [0.25, 0.3) is 0 Å². The van der Waals surface area contributed by atoms with Gasteiger partial charge in [-0.1, -0.05) is 0 Å². The minimum atomic E-state index is -0.193. The van der Waals surface area contributed by atoms with Gasteiger partial charge in [0.1, 0.15) is 13.2 Å². The van der Waals surface area contributed by atoms with Gasteiger partial charge in [0.15, 0.2) is 17.3 Å². The molecule has 2 aromatic carbocycles. The number of carbonyl (C=O) groups excluding carboxylic acids is 2. The van der Waals surface area contributed by atoms with Crippen LogP contribution in [0.2, 0.25) is 0 Å². The highest BCUT2D eigenvalue weighted by molar-refractivity contribution is 7.18. The van der Waals surface area contributed by atoms with Gasteiger partial charge in [0, 0.05) is 24.1 Å². The molecule has 27 heavy (non-hydrogen) atoms. The molecule has 0 saturated heterocycles. The van der Waals surface area contributed by atoms with Gasteiger partial charge >= 0.3 is 0 Å². The lowest BCUT2D eigenvalue weighted by atomic mass is 10.1. The van der Waals surface area contributed by atoms with Crippen molar-refractivity contribution >= 4 is 38.9 Å². The smallest absolute Gasteiger partial charge is 0.224 e. The Morgan fingerprint density at radius 1 is 1.07 bits per heavy atom. The van der Waals surface area contributed by atoms with E-state index in [1.807, 2.05) is 25.1 Å². The number of anilines is 1. The van der Waals surface area contributed by atoms with Gasteiger partial charge in [-0.3, -0.25) is 9.59 Å². The van der Waals surface area contributed by atoms with Crippen molar-refractivity contribution in [1.29, 1.82) is 0 Å². The molecule has 1 N–H and O–H groups in total. The summed E-state index contributed by atoms with van der Waals surface area (Å²) in [5.74, 6) is 0.922. The molecule has 0 bridgehead atoms. The number of Topliss-reactive ketones (excluding diaryl/α,β-unsaturated/α-hetero) is 1. The van der Waals surface area contributed by atoms with E-state index >= 15 is 0 Å². The fraction of sp³-hybridized carbons (Fsp3) is 0.250. The summed E-state index contributed by atoms with van der Waals surface area (Å²) < 4.78 is 12.0. The normalized spacial score (nSPS) is 12.8. The van der Waals surface area contributed by atoms with E-state index in [1.165, 1.54) is 0 Å². The number of nitrogens with zero attached hydrogens (tertiary/aromatic N) is 1. The number of fused-ring (bicyclic) bond motifs is 2. The van der Waals surface area contributed by atoms with Crippen LogP contribution in [0.3, 0.4) is 0 Å². The predicted molar refractivity (Wildman–Crippen MR) is 104 cm³/mol. The monoisotopic (exact) mass is 382 g/mol. The van der Waals surface area contributed by atoms with Gasteiger partial charge < -0.3 is 14.8 Å². The van der Waals surface area contributed by atoms with Crippen LogP contribution in [-0.4, -0.2) is 29.9 Å². The van der Waals surface area contributed by atoms with Gasteiger partial charge in [0.2, 0.25) is 5.91 Å². The largest absolute Gasteiger partial charge is 0.486 e. The zero-order chi connectivity index (χ0) is 18.8. The number of amides is 1. The van der Waals surface area contributed by atoms with Crippen molar-refractivity contribution in [2.45, 2.75) is 19.8 Å². The number of thiazole rings is 1. The minimum Gasteiger partial charge on any atom is -0.486 e. The summed E-state index contributed by atoms with van der Waals surface area (Å²) in [5.41, 5.74) is 2.15. The third kappa shape index (κ3) is 3.93. The van der Waals surface area contributed by atoms with E-state index < -0.39 is 0 Å². The number of benzene rings is 2. The third-order valence-corrected chi connectivity index (χ3v) is 5.16. The van der Waals surface area contributed by atoms with Crippen molar-refractivity contribution in [3.05, 3.63) is 47.0 Å². The van der Waals surface area contributed by atoms with Crippen molar-refractivity contribution in [2.75, 3.05) is 18.5 Å². The second kappa shape index (κ2) is 7.36. The molecule has 1 amide bonds. The lowest BCUT2D eigenvalue weighted by Gasteiger charge is -2.18. The van der Waals surface area contributed by atoms with Gasteiger partial charge in [0.05, 0.1) is 15.2 Å². The number of carbonyl (C=O) groups is 2. The fourth-order valence-corrected chi connectivity index (χ4v) is 3.80. The molecule has 1 aromatic heterocycles. The first-order chi connectivity index (χ1) is 13.1. The molecule has 0 saturated carbocycles. The van der Waals surface area contributed by atoms with E-state index in [4.69, 9.17) is 9.47 Å². The SMILES string of the molecule is Cc1nc2ccc(NC(=O)CCC(=O)c3ccc4c(c3)OCCO4)cc2s1. The Balaban J connectivity index is 1.36. The Kier molecular flexibility index (Phi) is 4.77. The van der Waals surface area contributed by atoms with Gasteiger partial charge in [-0.2, -0.15) is 0 Å². The number of rotatable bonds is 5. The number of nitrogens with one attached hydrogen (secondary N) is 1. The van der Waals surface area contributed by atoms with E-state index in [1.54, 1.807) is 29.5 Å². The first kappa shape index (κ1) is 17.5. The van der Waals surface area contributed by atoms with Gasteiger partial charge in [-0.05, 0) is 43.3 Å². The van der Waals surface area contributed by atoms with E-state index in [2.05, 4.69) is 10.3 Å². The molecule has 0 fully saturated rings. The number of aryl methyl sites for hydroxylation is 1. The molecule has 0 spiro atoms. The summed E-state index contributed by atoms with van der Waals surface area (Å²) in [4.78, 5) is 29.0. The molecule has 1 aliphatic rings. The summed E-state index contributed by atoms with van der Waals surface area (Å²) in [6.45, 7) is 2.93. The summed E-state index contributed by atoms with van der Waals surface area (Å²) in [7, 11) is 0. The summed E-state index contributed by atoms with van der Waals surface area (Å²) in [5, 5.41) is 3.83. The Labute approximate surface area is 160 Å². The van der Waals surface area contributed by atoms with Crippen molar-refractivity contribution in [2.24, 2.45) is 0 Å². The Morgan fingerprint density at radius 2 is 1.89 bits per heavy atom. The molecule has 7 heteroatoms. The van der Waals surface area contributed by atoms with Crippen LogP contribution < -0.4 is 14.8 Å². The maximum absolute atomic E-state index is 12.4. The maximum atomic E-state index is 12.4. The molecule has 0 atom stereocenters. The van der Waals surface area contributed by atoms with Crippen LogP contribution in [0.1, 0.15) is 28.2 Å². The molecule has 0 aliphatic carbocycles. The molecule has 2 heterocycles. The molecule has 0 unspecified atom stereocenters. The van der Waals surface area contributed by atoms with E-state index in [9.17, 15) is 9.59 Å². The van der Waals surface area contributed by atoms with Gasteiger partial charge in [-0.15, -0.1) is 11.3 Å². The molecule has 3 aromatic rings. The number of hydrogen-bond acceptors (Lipinski definition) is 6. The lowest BCUT2D eigenvalue weighted by Crippen LogP contribution is -2.16. The topological polar surface area (TPSA) is 77.5 Å². The zero-order valence-corrected chi connectivity index (χ0v) is 15.6. The van der Waals surface area contributed by atoms with E-state index in [-0.39, 0.29) is 24.5 Å². The lowest BCUT2D eigenvalue weighted by molar-refractivity contribution is -0.116. The molecular weight excluding hydrogens is 364 g/mol. The van der Waals surface area contributed by atoms with Crippen LogP contribution in [0.15, 0.2) is 36.4 Å².